The number of imidazole rings is 2. The number of fused-ring (bicyclic) bond motifs is 2. The van der Waals surface area contributed by atoms with Gasteiger partial charge in [0.25, 0.3) is 0 Å². The van der Waals surface area contributed by atoms with E-state index in [4.69, 9.17) is 50.8 Å². The number of rotatable bonds is 8. The highest BCUT2D eigenvalue weighted by Gasteiger charge is 2.37. The Balaban J connectivity index is 1.36. The predicted molar refractivity (Wildman–Crippen MR) is 168 cm³/mol. The lowest BCUT2D eigenvalue weighted by Crippen LogP contribution is -2.39. The predicted octanol–water partition coefficient (Wildman–Crippen LogP) is 0.694. The zero-order valence-electron chi connectivity index (χ0n) is 24.3. The molecule has 0 saturated carbocycles. The smallest absolute Gasteiger partial charge is 0.386 e. The van der Waals surface area contributed by atoms with Crippen LogP contribution in [0.4, 0.5) is 11.6 Å². The fourth-order valence-electron chi connectivity index (χ4n) is 4.48. The second-order valence-corrected chi connectivity index (χ2v) is 15.6. The van der Waals surface area contributed by atoms with Crippen LogP contribution in [0.15, 0.2) is 25.3 Å². The van der Waals surface area contributed by atoms with E-state index in [1.165, 1.54) is 48.3 Å². The number of ether oxygens (including phenoxy) is 2. The molecule has 0 aromatic carbocycles. The van der Waals surface area contributed by atoms with Gasteiger partial charge in [0.2, 0.25) is 0 Å². The van der Waals surface area contributed by atoms with Gasteiger partial charge in [-0.1, -0.05) is 12.2 Å². The molecule has 0 aliphatic carbocycles. The third kappa shape index (κ3) is 7.81. The Hall–Kier alpha value is -2.43. The van der Waals surface area contributed by atoms with E-state index in [1.54, 1.807) is 0 Å². The topological polar surface area (TPSA) is 272 Å². The van der Waals surface area contributed by atoms with Crippen molar-refractivity contribution >= 4 is 71.5 Å². The van der Waals surface area contributed by atoms with Gasteiger partial charge in [-0.2, -0.15) is 0 Å². The molecule has 24 heteroatoms. The molecule has 46 heavy (non-hydrogen) atoms. The lowest BCUT2D eigenvalue weighted by molar-refractivity contribution is -0.139. The van der Waals surface area contributed by atoms with Crippen LogP contribution in [0, 0.1) is 0 Å². The molecule has 1 aliphatic rings. The summed E-state index contributed by atoms with van der Waals surface area (Å²) in [5, 5.41) is 20.4. The van der Waals surface area contributed by atoms with E-state index in [0.717, 1.165) is 0 Å². The first-order valence-electron chi connectivity index (χ1n) is 13.5. The zero-order valence-corrected chi connectivity index (χ0v) is 27.8. The number of nitrogen functional groups attached to an aromatic ring is 2. The summed E-state index contributed by atoms with van der Waals surface area (Å²) < 4.78 is 50.9. The first kappa shape index (κ1) is 34.9. The Morgan fingerprint density at radius 3 is 1.83 bits per heavy atom. The standard InChI is InChI=1S/C22H32N10O10P2S2/c1-11-13(39-15(3-33)31-9-29-17-19(23)25-7-27-21(17)31)5-37-44(36,46)42-12(2)14(6-38-43(35,45)41-11)40-16(4-34)32-10-30-18-20(24)26-8-28-22(18)32/h7-16,33-34H,3-6H2,1-2H3,(H,35,45)(H,36,46)(H2,23,25,27)(H2,24,26,28)/t11-,12-,13-,14-,15?,16?,43?,44?/m1/s1. The number of aliphatic hydroxyl groups is 2. The molecule has 4 aromatic rings. The molecular formula is C22H32N10O10P2S2. The summed E-state index contributed by atoms with van der Waals surface area (Å²) in [6.45, 7) is -7.18. The quantitative estimate of drug-likeness (QED) is 0.108. The molecule has 20 nitrogen and oxygen atoms in total. The minimum absolute atomic E-state index is 0.122. The molecule has 0 radical (unpaired) electrons. The summed E-state index contributed by atoms with van der Waals surface area (Å²) in [6.07, 6.45) is -1.46. The number of aliphatic hydroxyl groups excluding tert-OH is 2. The van der Waals surface area contributed by atoms with Gasteiger partial charge in [-0.3, -0.25) is 18.2 Å². The van der Waals surface area contributed by atoms with E-state index in [2.05, 4.69) is 42.2 Å². The number of nitrogens with zero attached hydrogens (tertiary/aromatic N) is 8. The van der Waals surface area contributed by atoms with Crippen LogP contribution in [0.1, 0.15) is 26.3 Å². The normalized spacial score (nSPS) is 29.7. The first-order valence-corrected chi connectivity index (χ1v) is 18.8. The third-order valence-electron chi connectivity index (χ3n) is 6.82. The summed E-state index contributed by atoms with van der Waals surface area (Å²) in [5.41, 5.74) is 12.9. The van der Waals surface area contributed by atoms with E-state index in [-0.39, 0.29) is 34.0 Å². The van der Waals surface area contributed by atoms with E-state index in [9.17, 15) is 19.7 Å². The van der Waals surface area contributed by atoms with Crippen molar-refractivity contribution in [2.45, 2.75) is 50.7 Å². The summed E-state index contributed by atoms with van der Waals surface area (Å²) in [5.74, 6) is 0.244. The Kier molecular flexibility index (Phi) is 10.9. The molecule has 7 N–H and O–H groups in total. The lowest BCUT2D eigenvalue weighted by Gasteiger charge is -2.34. The molecule has 5 rings (SSSR count). The average Bonchev–Trinajstić information content (AvgIpc) is 3.63. The lowest BCUT2D eigenvalue weighted by atomic mass is 10.2. The van der Waals surface area contributed by atoms with Crippen molar-refractivity contribution in [3.8, 4) is 0 Å². The van der Waals surface area contributed by atoms with Crippen molar-refractivity contribution in [3.05, 3.63) is 25.3 Å². The van der Waals surface area contributed by atoms with Crippen molar-refractivity contribution in [1.82, 2.24) is 39.0 Å². The number of anilines is 2. The van der Waals surface area contributed by atoms with Crippen LogP contribution < -0.4 is 11.5 Å². The highest BCUT2D eigenvalue weighted by molar-refractivity contribution is 8.44. The van der Waals surface area contributed by atoms with Crippen LogP contribution in [-0.4, -0.2) is 105 Å². The summed E-state index contributed by atoms with van der Waals surface area (Å²) >= 11 is 9.37. The summed E-state index contributed by atoms with van der Waals surface area (Å²) in [4.78, 5) is 35.4. The van der Waals surface area contributed by atoms with Gasteiger partial charge in [0.15, 0.2) is 35.4 Å². The maximum atomic E-state index is 13.4. The van der Waals surface area contributed by atoms with E-state index in [0.29, 0.717) is 0 Å². The van der Waals surface area contributed by atoms with Crippen molar-refractivity contribution < 1.29 is 47.2 Å². The molecule has 4 aromatic heterocycles. The van der Waals surface area contributed by atoms with Gasteiger partial charge in [-0.25, -0.2) is 34.5 Å². The minimum Gasteiger partial charge on any atom is -0.392 e. The SMILES string of the molecule is C[C@H]1OP(=O)(S)OC[C@@H](OC(CO)n2cnc3c(N)ncnc32)[C@@H](C)OP(O)(=S)OC[C@H]1OC(CO)n1cnc2c(N)ncnc21. The van der Waals surface area contributed by atoms with Gasteiger partial charge in [0, 0.05) is 0 Å². The maximum Gasteiger partial charge on any atom is 0.386 e. The van der Waals surface area contributed by atoms with Crippen molar-refractivity contribution in [2.24, 2.45) is 0 Å². The number of hydrogen-bond acceptors (Lipinski definition) is 18. The first-order chi connectivity index (χ1) is 21.8. The molecule has 0 bridgehead atoms. The molecule has 5 heterocycles. The Morgan fingerprint density at radius 2 is 1.35 bits per heavy atom. The largest absolute Gasteiger partial charge is 0.392 e. The molecule has 8 atom stereocenters. The number of thiol groups is 1. The van der Waals surface area contributed by atoms with Gasteiger partial charge >= 0.3 is 13.5 Å². The van der Waals surface area contributed by atoms with E-state index in [1.807, 2.05) is 0 Å². The third-order valence-corrected chi connectivity index (χ3v) is 10.2. The summed E-state index contributed by atoms with van der Waals surface area (Å²) in [6, 6.07) is 0. The van der Waals surface area contributed by atoms with E-state index >= 15 is 0 Å². The highest BCUT2D eigenvalue weighted by Crippen LogP contribution is 2.55. The molecular weight excluding hydrogens is 690 g/mol. The molecule has 1 aliphatic heterocycles. The molecule has 0 spiro atoms. The van der Waals surface area contributed by atoms with Gasteiger partial charge < -0.3 is 45.1 Å². The highest BCUT2D eigenvalue weighted by atomic mass is 32.7. The molecule has 1 fully saturated rings. The van der Waals surface area contributed by atoms with Gasteiger partial charge in [-0.15, -0.1) is 0 Å². The van der Waals surface area contributed by atoms with Gasteiger partial charge in [0.05, 0.1) is 51.3 Å². The van der Waals surface area contributed by atoms with Crippen LogP contribution in [0.25, 0.3) is 22.3 Å². The molecule has 1 saturated heterocycles. The van der Waals surface area contributed by atoms with Crippen molar-refractivity contribution in [2.75, 3.05) is 37.9 Å². The molecule has 4 unspecified atom stereocenters. The van der Waals surface area contributed by atoms with Gasteiger partial charge in [-0.05, 0) is 25.7 Å². The minimum atomic E-state index is -4.14. The fourth-order valence-corrected chi connectivity index (χ4v) is 7.62. The van der Waals surface area contributed by atoms with Crippen LogP contribution >= 0.6 is 25.8 Å². The Labute approximate surface area is 271 Å². The number of hydrogen-bond donors (Lipinski definition) is 6. The van der Waals surface area contributed by atoms with Crippen LogP contribution in [-0.2, 0) is 43.9 Å². The van der Waals surface area contributed by atoms with E-state index < -0.39 is 76.8 Å². The van der Waals surface area contributed by atoms with Crippen LogP contribution in [0.2, 0.25) is 0 Å². The van der Waals surface area contributed by atoms with Gasteiger partial charge in [0.1, 0.15) is 35.9 Å². The fraction of sp³-hybridized carbons (Fsp3) is 0.545. The van der Waals surface area contributed by atoms with Crippen molar-refractivity contribution in [1.29, 1.82) is 0 Å². The second-order valence-electron chi connectivity index (χ2n) is 9.94. The number of aromatic nitrogens is 8. The molecule has 252 valence electrons. The monoisotopic (exact) mass is 722 g/mol. The van der Waals surface area contributed by atoms with Crippen molar-refractivity contribution in [3.63, 3.8) is 0 Å². The zero-order chi connectivity index (χ0) is 33.2. The average molecular weight is 723 g/mol. The number of nitrogens with two attached hydrogens (primary N) is 2. The van der Waals surface area contributed by atoms with Crippen LogP contribution in [0.5, 0.6) is 0 Å². The Morgan fingerprint density at radius 1 is 0.891 bits per heavy atom. The second kappa shape index (κ2) is 14.4. The molecule has 0 amide bonds. The Bertz CT molecular complexity index is 1640. The van der Waals surface area contributed by atoms with Crippen LogP contribution in [0.3, 0.4) is 0 Å². The maximum absolute atomic E-state index is 13.4. The summed E-state index contributed by atoms with van der Waals surface area (Å²) in [7, 11) is 0.